The average Bonchev–Trinajstić information content (AvgIpc) is 2.50. The van der Waals surface area contributed by atoms with Gasteiger partial charge in [-0.05, 0) is 19.8 Å². The average molecular weight is 377 g/mol. The van der Waals surface area contributed by atoms with Crippen molar-refractivity contribution in [3.05, 3.63) is 36.0 Å². The third-order valence-electron chi connectivity index (χ3n) is 2.46. The molecule has 0 aromatic rings. The lowest BCUT2D eigenvalue weighted by molar-refractivity contribution is -0.139. The summed E-state index contributed by atoms with van der Waals surface area (Å²) in [5.41, 5.74) is 0.109. The zero-order valence-electron chi connectivity index (χ0n) is 13.8. The van der Waals surface area contributed by atoms with Gasteiger partial charge in [-0.15, -0.1) is 11.6 Å². The molecule has 9 heteroatoms. The van der Waals surface area contributed by atoms with Gasteiger partial charge >= 0.3 is 23.9 Å². The Balaban J connectivity index is 0. The largest absolute Gasteiger partial charge is 0.481 e. The second kappa shape index (κ2) is 13.8. The SMILES string of the molecule is C=C(CC(=O)O)C(=O)O.C=C(CC=C(CCCl)C(=O)O)C(=O)OCC. The highest BCUT2D eigenvalue weighted by molar-refractivity contribution is 6.18. The number of allylic oxidation sites excluding steroid dienone is 1. The summed E-state index contributed by atoms with van der Waals surface area (Å²) in [6, 6.07) is 0. The van der Waals surface area contributed by atoms with Crippen molar-refractivity contribution in [2.24, 2.45) is 0 Å². The summed E-state index contributed by atoms with van der Waals surface area (Å²) in [5.74, 6) is -3.75. The van der Waals surface area contributed by atoms with Gasteiger partial charge in [0.25, 0.3) is 0 Å². The van der Waals surface area contributed by atoms with Gasteiger partial charge in [-0.25, -0.2) is 14.4 Å². The minimum atomic E-state index is -1.27. The number of carbonyl (C=O) groups excluding carboxylic acids is 1. The van der Waals surface area contributed by atoms with Crippen LogP contribution in [0.4, 0.5) is 0 Å². The van der Waals surface area contributed by atoms with Crippen LogP contribution in [0.2, 0.25) is 0 Å². The maximum atomic E-state index is 11.2. The van der Waals surface area contributed by atoms with E-state index in [0.717, 1.165) is 0 Å². The zero-order chi connectivity index (χ0) is 20.0. The fourth-order valence-electron chi connectivity index (χ4n) is 1.22. The van der Waals surface area contributed by atoms with Crippen LogP contribution in [0.3, 0.4) is 0 Å². The lowest BCUT2D eigenvalue weighted by Gasteiger charge is -2.03. The first-order valence-electron chi connectivity index (χ1n) is 7.02. The fourth-order valence-corrected chi connectivity index (χ4v) is 1.42. The Morgan fingerprint density at radius 3 is 1.92 bits per heavy atom. The van der Waals surface area contributed by atoms with E-state index in [2.05, 4.69) is 13.2 Å². The second-order valence-corrected chi connectivity index (χ2v) is 4.86. The number of hydrogen-bond donors (Lipinski definition) is 3. The van der Waals surface area contributed by atoms with E-state index in [0.29, 0.717) is 0 Å². The minimum absolute atomic E-state index is 0.164. The molecular weight excluding hydrogens is 356 g/mol. The molecule has 0 saturated carbocycles. The standard InChI is InChI=1S/C11H15ClO4.C5H6O4/c1-3-16-11(15)8(2)4-5-9(6-7-12)10(13)14;1-3(5(8)9)2-4(6)7/h5H,2-4,6-7H2,1H3,(H,13,14);1-2H2,(H,6,7)(H,8,9). The first-order valence-corrected chi connectivity index (χ1v) is 7.56. The Morgan fingerprint density at radius 1 is 1.04 bits per heavy atom. The van der Waals surface area contributed by atoms with Crippen LogP contribution in [-0.2, 0) is 23.9 Å². The summed E-state index contributed by atoms with van der Waals surface area (Å²) in [4.78, 5) is 41.5. The van der Waals surface area contributed by atoms with Gasteiger partial charge < -0.3 is 20.1 Å². The van der Waals surface area contributed by atoms with Crippen molar-refractivity contribution in [2.45, 2.75) is 26.2 Å². The summed E-state index contributed by atoms with van der Waals surface area (Å²) < 4.78 is 4.72. The molecule has 0 fully saturated rings. The topological polar surface area (TPSA) is 138 Å². The maximum absolute atomic E-state index is 11.2. The second-order valence-electron chi connectivity index (χ2n) is 4.48. The number of carbonyl (C=O) groups is 4. The number of hydrogen-bond acceptors (Lipinski definition) is 5. The molecule has 0 aliphatic rings. The minimum Gasteiger partial charge on any atom is -0.481 e. The van der Waals surface area contributed by atoms with Crippen molar-refractivity contribution >= 4 is 35.5 Å². The van der Waals surface area contributed by atoms with Crippen LogP contribution in [0.1, 0.15) is 26.2 Å². The molecule has 0 atom stereocenters. The van der Waals surface area contributed by atoms with Gasteiger partial charge in [0, 0.05) is 22.6 Å². The summed E-state index contributed by atoms with van der Waals surface area (Å²) in [7, 11) is 0. The van der Waals surface area contributed by atoms with Crippen LogP contribution >= 0.6 is 11.6 Å². The molecule has 0 aromatic heterocycles. The van der Waals surface area contributed by atoms with Crippen LogP contribution in [0, 0.1) is 0 Å². The van der Waals surface area contributed by atoms with Gasteiger partial charge in [-0.1, -0.05) is 19.2 Å². The van der Waals surface area contributed by atoms with Gasteiger partial charge in [-0.2, -0.15) is 0 Å². The van der Waals surface area contributed by atoms with E-state index in [9.17, 15) is 19.2 Å². The summed E-state index contributed by atoms with van der Waals surface area (Å²) in [6.45, 7) is 8.50. The van der Waals surface area contributed by atoms with E-state index >= 15 is 0 Å². The van der Waals surface area contributed by atoms with Crippen LogP contribution < -0.4 is 0 Å². The molecule has 8 nitrogen and oxygen atoms in total. The number of carboxylic acids is 3. The van der Waals surface area contributed by atoms with Crippen molar-refractivity contribution < 1.29 is 39.2 Å². The molecule has 0 aliphatic heterocycles. The van der Waals surface area contributed by atoms with Crippen molar-refractivity contribution in [1.29, 1.82) is 0 Å². The first-order chi connectivity index (χ1) is 11.6. The highest BCUT2D eigenvalue weighted by Crippen LogP contribution is 2.09. The van der Waals surface area contributed by atoms with Crippen LogP contribution in [-0.4, -0.2) is 51.7 Å². The van der Waals surface area contributed by atoms with Crippen molar-refractivity contribution in [3.8, 4) is 0 Å². The highest BCUT2D eigenvalue weighted by Gasteiger charge is 2.10. The van der Waals surface area contributed by atoms with Crippen molar-refractivity contribution in [1.82, 2.24) is 0 Å². The number of esters is 1. The number of aliphatic carboxylic acids is 3. The summed E-state index contributed by atoms with van der Waals surface area (Å²) in [5, 5.41) is 24.9. The van der Waals surface area contributed by atoms with E-state index in [4.69, 9.17) is 31.7 Å². The molecule has 0 radical (unpaired) electrons. The van der Waals surface area contributed by atoms with Gasteiger partial charge in [0.2, 0.25) is 0 Å². The van der Waals surface area contributed by atoms with E-state index in [1.165, 1.54) is 6.08 Å². The van der Waals surface area contributed by atoms with Gasteiger partial charge in [-0.3, -0.25) is 4.79 Å². The van der Waals surface area contributed by atoms with Crippen LogP contribution in [0.15, 0.2) is 36.0 Å². The fraction of sp³-hybridized carbons (Fsp3) is 0.375. The van der Waals surface area contributed by atoms with Crippen molar-refractivity contribution in [3.63, 3.8) is 0 Å². The maximum Gasteiger partial charge on any atom is 0.333 e. The van der Waals surface area contributed by atoms with Crippen LogP contribution in [0.5, 0.6) is 0 Å². The predicted molar refractivity (Wildman–Crippen MR) is 90.5 cm³/mol. The lowest BCUT2D eigenvalue weighted by Crippen LogP contribution is -2.07. The molecule has 0 aromatic carbocycles. The monoisotopic (exact) mass is 376 g/mol. The number of halogens is 1. The molecule has 0 saturated heterocycles. The molecule has 0 heterocycles. The molecule has 0 unspecified atom stereocenters. The van der Waals surface area contributed by atoms with Crippen LogP contribution in [0.25, 0.3) is 0 Å². The molecule has 0 rings (SSSR count). The molecule has 0 spiro atoms. The van der Waals surface area contributed by atoms with Gasteiger partial charge in [0.05, 0.1) is 13.0 Å². The number of ether oxygens (including phenoxy) is 1. The molecule has 0 amide bonds. The van der Waals surface area contributed by atoms with E-state index in [1.54, 1.807) is 6.92 Å². The Bertz CT molecular complexity index is 562. The molecule has 0 aliphatic carbocycles. The van der Waals surface area contributed by atoms with E-state index < -0.39 is 30.3 Å². The van der Waals surface area contributed by atoms with Crippen molar-refractivity contribution in [2.75, 3.05) is 12.5 Å². The number of carboxylic acid groups (broad SMARTS) is 3. The molecule has 25 heavy (non-hydrogen) atoms. The summed E-state index contributed by atoms with van der Waals surface area (Å²) in [6.07, 6.45) is 1.35. The molecular formula is C16H21ClO8. The van der Waals surface area contributed by atoms with Gasteiger partial charge in [0.1, 0.15) is 0 Å². The number of rotatable bonds is 10. The van der Waals surface area contributed by atoms with E-state index in [-0.39, 0.29) is 42.0 Å². The lowest BCUT2D eigenvalue weighted by atomic mass is 10.1. The zero-order valence-corrected chi connectivity index (χ0v) is 14.5. The predicted octanol–water partition coefficient (Wildman–Crippen LogP) is 2.24. The Labute approximate surface area is 150 Å². The molecule has 140 valence electrons. The van der Waals surface area contributed by atoms with E-state index in [1.807, 2.05) is 0 Å². The Morgan fingerprint density at radius 2 is 1.60 bits per heavy atom. The third-order valence-corrected chi connectivity index (χ3v) is 2.65. The molecule has 0 bridgehead atoms. The summed E-state index contributed by atoms with van der Waals surface area (Å²) >= 11 is 5.45. The number of alkyl halides is 1. The first kappa shape index (κ1) is 24.6. The van der Waals surface area contributed by atoms with Gasteiger partial charge in [0.15, 0.2) is 0 Å². The normalized spacial score (nSPS) is 10.1. The highest BCUT2D eigenvalue weighted by atomic mass is 35.5. The quantitative estimate of drug-likeness (QED) is 0.300. The Kier molecular flexibility index (Phi) is 13.6. The Hall–Kier alpha value is -2.61. The smallest absolute Gasteiger partial charge is 0.333 e. The third kappa shape index (κ3) is 13.5. The molecule has 3 N–H and O–H groups in total.